The van der Waals surface area contributed by atoms with E-state index in [2.05, 4.69) is 14.8 Å². The number of methoxy groups -OCH3 is 1. The number of aromatic amines is 1. The molecule has 8 nitrogen and oxygen atoms in total. The third kappa shape index (κ3) is 4.90. The number of H-pyrrole nitrogens is 1. The average Bonchev–Trinajstić information content (AvgIpc) is 3.11. The van der Waals surface area contributed by atoms with E-state index in [-0.39, 0.29) is 10.5 Å². The number of aliphatic imine (C=N–C) groups is 1. The Morgan fingerprint density at radius 2 is 1.71 bits per heavy atom. The number of nitrogens with zero attached hydrogens (tertiary/aromatic N) is 2. The van der Waals surface area contributed by atoms with Crippen molar-refractivity contribution >= 4 is 39.2 Å². The van der Waals surface area contributed by atoms with Crippen LogP contribution in [0, 0.1) is 6.92 Å². The van der Waals surface area contributed by atoms with E-state index in [1.54, 1.807) is 67.6 Å². The second-order valence-corrected chi connectivity index (χ2v) is 9.44. The highest BCUT2D eigenvalue weighted by atomic mass is 35.5. The lowest BCUT2D eigenvalue weighted by Crippen LogP contribution is -2.17. The first-order valence-corrected chi connectivity index (χ1v) is 12.0. The number of aryl methyl sites for hydroxylation is 1. The van der Waals surface area contributed by atoms with Crippen molar-refractivity contribution in [2.75, 3.05) is 11.8 Å². The second-order valence-electron chi connectivity index (χ2n) is 7.33. The highest BCUT2D eigenvalue weighted by molar-refractivity contribution is 7.92. The summed E-state index contributed by atoms with van der Waals surface area (Å²) in [6.45, 7) is 1.77. The van der Waals surface area contributed by atoms with E-state index < -0.39 is 10.0 Å². The van der Waals surface area contributed by atoms with E-state index in [0.717, 1.165) is 0 Å². The van der Waals surface area contributed by atoms with E-state index in [1.807, 2.05) is 0 Å². The number of hydrogen-bond donors (Lipinski definition) is 2. The van der Waals surface area contributed by atoms with Gasteiger partial charge in [0.05, 0.1) is 34.6 Å². The van der Waals surface area contributed by atoms with Gasteiger partial charge in [0.2, 0.25) is 0 Å². The summed E-state index contributed by atoms with van der Waals surface area (Å²) < 4.78 is 34.6. The van der Waals surface area contributed by atoms with Gasteiger partial charge < -0.3 is 4.74 Å². The number of benzene rings is 3. The Labute approximate surface area is 201 Å². The Morgan fingerprint density at radius 1 is 1.03 bits per heavy atom. The summed E-state index contributed by atoms with van der Waals surface area (Å²) in [5.74, 6) is 0.415. The third-order valence-corrected chi connectivity index (χ3v) is 6.68. The minimum absolute atomic E-state index is 0.0697. The van der Waals surface area contributed by atoms with Crippen LogP contribution in [-0.2, 0) is 10.0 Å². The third-order valence-electron chi connectivity index (χ3n) is 5.04. The molecule has 4 rings (SSSR count). The molecule has 0 aliphatic rings. The summed E-state index contributed by atoms with van der Waals surface area (Å²) in [6.07, 6.45) is 1.46. The summed E-state index contributed by atoms with van der Waals surface area (Å²) in [5, 5.41) is 3.59. The molecule has 0 aliphatic heterocycles. The van der Waals surface area contributed by atoms with Crippen molar-refractivity contribution in [3.63, 3.8) is 0 Å². The molecule has 0 aliphatic carbocycles. The fourth-order valence-electron chi connectivity index (χ4n) is 3.27. The number of nitrogens with one attached hydrogen (secondary N) is 2. The Balaban J connectivity index is 1.55. The van der Waals surface area contributed by atoms with Gasteiger partial charge in [0.15, 0.2) is 0 Å². The molecule has 0 unspecified atom stereocenters. The van der Waals surface area contributed by atoms with E-state index in [1.165, 1.54) is 30.1 Å². The molecule has 34 heavy (non-hydrogen) atoms. The van der Waals surface area contributed by atoms with Crippen LogP contribution in [0.25, 0.3) is 5.69 Å². The number of rotatable bonds is 7. The second kappa shape index (κ2) is 9.58. The number of ether oxygens (including phenoxy) is 1. The van der Waals surface area contributed by atoms with Crippen molar-refractivity contribution in [2.24, 2.45) is 4.99 Å². The van der Waals surface area contributed by atoms with Gasteiger partial charge in [-0.1, -0.05) is 23.7 Å². The van der Waals surface area contributed by atoms with E-state index >= 15 is 0 Å². The van der Waals surface area contributed by atoms with E-state index in [9.17, 15) is 13.2 Å². The highest BCUT2D eigenvalue weighted by Gasteiger charge is 2.16. The lowest BCUT2D eigenvalue weighted by atomic mass is 10.2. The van der Waals surface area contributed by atoms with Crippen LogP contribution in [0.5, 0.6) is 5.75 Å². The first-order valence-electron chi connectivity index (χ1n) is 10.2. The predicted octanol–water partition coefficient (Wildman–Crippen LogP) is 4.69. The molecule has 4 aromatic rings. The zero-order valence-electron chi connectivity index (χ0n) is 18.3. The first kappa shape index (κ1) is 23.3. The molecule has 0 atom stereocenters. The number of para-hydroxylation sites is 2. The molecule has 2 N–H and O–H groups in total. The summed E-state index contributed by atoms with van der Waals surface area (Å²) in [6, 6.07) is 19.6. The van der Waals surface area contributed by atoms with E-state index in [4.69, 9.17) is 16.3 Å². The van der Waals surface area contributed by atoms with Gasteiger partial charge in [-0.2, -0.15) is 0 Å². The van der Waals surface area contributed by atoms with Crippen molar-refractivity contribution in [3.05, 3.63) is 99.4 Å². The van der Waals surface area contributed by atoms with Crippen molar-refractivity contribution in [2.45, 2.75) is 11.8 Å². The van der Waals surface area contributed by atoms with Gasteiger partial charge in [-0.05, 0) is 67.6 Å². The maximum Gasteiger partial charge on any atom is 0.280 e. The molecule has 1 aromatic heterocycles. The van der Waals surface area contributed by atoms with Gasteiger partial charge in [-0.15, -0.1) is 0 Å². The van der Waals surface area contributed by atoms with Crippen LogP contribution in [0.2, 0.25) is 5.02 Å². The molecule has 0 bridgehead atoms. The minimum atomic E-state index is -3.82. The van der Waals surface area contributed by atoms with E-state index in [0.29, 0.717) is 39.1 Å². The van der Waals surface area contributed by atoms with Crippen LogP contribution in [0.15, 0.2) is 87.5 Å². The fourth-order valence-corrected chi connectivity index (χ4v) is 4.46. The quantitative estimate of drug-likeness (QED) is 0.362. The summed E-state index contributed by atoms with van der Waals surface area (Å²) in [4.78, 5) is 17.2. The molecule has 0 amide bonds. The van der Waals surface area contributed by atoms with Crippen LogP contribution >= 0.6 is 11.6 Å². The predicted molar refractivity (Wildman–Crippen MR) is 134 cm³/mol. The van der Waals surface area contributed by atoms with Crippen LogP contribution in [0.1, 0.15) is 11.3 Å². The van der Waals surface area contributed by atoms with Gasteiger partial charge in [0.1, 0.15) is 5.75 Å². The monoisotopic (exact) mass is 496 g/mol. The zero-order chi connectivity index (χ0) is 24.3. The van der Waals surface area contributed by atoms with Crippen molar-refractivity contribution in [1.82, 2.24) is 9.78 Å². The minimum Gasteiger partial charge on any atom is -0.495 e. The maximum absolute atomic E-state index is 12.8. The van der Waals surface area contributed by atoms with Crippen molar-refractivity contribution in [3.8, 4) is 11.4 Å². The van der Waals surface area contributed by atoms with Crippen LogP contribution in [0.3, 0.4) is 0 Å². The Kier molecular flexibility index (Phi) is 6.58. The molecule has 0 spiro atoms. The molecule has 3 aromatic carbocycles. The summed E-state index contributed by atoms with van der Waals surface area (Å²) in [7, 11) is -2.35. The number of aromatic nitrogens is 2. The molecule has 174 valence electrons. The Bertz CT molecular complexity index is 1510. The standard InChI is InChI=1S/C24H21ClN4O4S/c1-16-21(24(30)29(27-16)19-11-7-17(25)8-12-19)15-26-18-9-13-20(14-10-18)34(31,32)28-22-5-3-4-6-23(22)33-2/h3-15,27-28H,1-2H3. The number of hydrogen-bond acceptors (Lipinski definition) is 5. The molecular weight excluding hydrogens is 476 g/mol. The van der Waals surface area contributed by atoms with Crippen LogP contribution in [0.4, 0.5) is 11.4 Å². The number of anilines is 1. The molecule has 0 saturated heterocycles. The van der Waals surface area contributed by atoms with Crippen LogP contribution < -0.4 is 15.0 Å². The SMILES string of the molecule is COc1ccccc1NS(=O)(=O)c1ccc(N=Cc2c(C)[nH]n(-c3ccc(Cl)cc3)c2=O)cc1. The summed E-state index contributed by atoms with van der Waals surface area (Å²) >= 11 is 5.92. The smallest absolute Gasteiger partial charge is 0.280 e. The van der Waals surface area contributed by atoms with Crippen LogP contribution in [-0.4, -0.2) is 31.5 Å². The normalized spacial score (nSPS) is 11.6. The van der Waals surface area contributed by atoms with Crippen molar-refractivity contribution < 1.29 is 13.2 Å². The largest absolute Gasteiger partial charge is 0.495 e. The fraction of sp³-hybridized carbons (Fsp3) is 0.0833. The Morgan fingerprint density at radius 3 is 2.38 bits per heavy atom. The zero-order valence-corrected chi connectivity index (χ0v) is 19.9. The first-order chi connectivity index (χ1) is 16.3. The van der Waals surface area contributed by atoms with Crippen molar-refractivity contribution in [1.29, 1.82) is 0 Å². The molecular formula is C24H21ClN4O4S. The average molecular weight is 497 g/mol. The highest BCUT2D eigenvalue weighted by Crippen LogP contribution is 2.26. The molecule has 10 heteroatoms. The molecule has 0 fully saturated rings. The number of sulfonamides is 1. The van der Waals surface area contributed by atoms with Gasteiger partial charge >= 0.3 is 0 Å². The van der Waals surface area contributed by atoms with Gasteiger partial charge in [0, 0.05) is 16.9 Å². The number of halogens is 1. The lowest BCUT2D eigenvalue weighted by molar-refractivity contribution is 0.417. The van der Waals surface area contributed by atoms with Gasteiger partial charge in [-0.3, -0.25) is 19.6 Å². The summed E-state index contributed by atoms with van der Waals surface area (Å²) in [5.41, 5.74) is 2.26. The lowest BCUT2D eigenvalue weighted by Gasteiger charge is -2.11. The Hall–Kier alpha value is -3.82. The topological polar surface area (TPSA) is 106 Å². The molecule has 0 radical (unpaired) electrons. The molecule has 0 saturated carbocycles. The van der Waals surface area contributed by atoms with Gasteiger partial charge in [-0.25, -0.2) is 13.1 Å². The maximum atomic E-state index is 12.8. The van der Waals surface area contributed by atoms with Gasteiger partial charge in [0.25, 0.3) is 15.6 Å². The molecule has 1 heterocycles.